The molecule has 2 rings (SSSR count). The summed E-state index contributed by atoms with van der Waals surface area (Å²) >= 11 is 6.20. The van der Waals surface area contributed by atoms with E-state index < -0.39 is 11.5 Å². The summed E-state index contributed by atoms with van der Waals surface area (Å²) < 4.78 is 0. The lowest BCUT2D eigenvalue weighted by Gasteiger charge is -2.34. The smallest absolute Gasteiger partial charge is 0.225 e. The lowest BCUT2D eigenvalue weighted by Crippen LogP contribution is -2.43. The largest absolute Gasteiger partial charge is 0.383 e. The number of ketones is 1. The molecule has 1 saturated heterocycles. The molecule has 7 nitrogen and oxygen atoms in total. The maximum atomic E-state index is 12.6. The number of anilines is 1. The number of carbonyl (C=O) groups is 2. The lowest BCUT2D eigenvalue weighted by molar-refractivity contribution is -0.142. The quantitative estimate of drug-likeness (QED) is 0.668. The highest BCUT2D eigenvalue weighted by molar-refractivity contribution is 6.30. The Morgan fingerprint density at radius 1 is 1.32 bits per heavy atom. The van der Waals surface area contributed by atoms with Crippen LogP contribution in [0.4, 0.5) is 5.82 Å². The molecule has 1 aliphatic rings. The lowest BCUT2D eigenvalue weighted by atomic mass is 9.89. The van der Waals surface area contributed by atoms with Gasteiger partial charge < -0.3 is 15.7 Å². The Morgan fingerprint density at radius 2 is 1.93 bits per heavy atom. The second-order valence-corrected chi connectivity index (χ2v) is 8.68. The van der Waals surface area contributed by atoms with E-state index in [1.165, 1.54) is 13.8 Å². The van der Waals surface area contributed by atoms with E-state index in [2.05, 4.69) is 9.97 Å². The van der Waals surface area contributed by atoms with Gasteiger partial charge >= 0.3 is 0 Å². The van der Waals surface area contributed by atoms with E-state index in [0.717, 1.165) is 31.2 Å². The van der Waals surface area contributed by atoms with Gasteiger partial charge in [-0.1, -0.05) is 18.5 Å². The van der Waals surface area contributed by atoms with Gasteiger partial charge in [0.05, 0.1) is 0 Å². The summed E-state index contributed by atoms with van der Waals surface area (Å²) in [7, 11) is 0. The molecule has 1 fully saturated rings. The number of rotatable bonds is 7. The molecular formula is C20H31ClN4O3. The third kappa shape index (κ3) is 5.88. The Hall–Kier alpha value is -1.73. The number of nitrogens with zero attached hydrogens (tertiary/aromatic N) is 3. The zero-order valence-corrected chi connectivity index (χ0v) is 17.9. The van der Waals surface area contributed by atoms with Gasteiger partial charge in [0.1, 0.15) is 22.4 Å². The Morgan fingerprint density at radius 3 is 2.46 bits per heavy atom. The Bertz CT molecular complexity index is 702. The van der Waals surface area contributed by atoms with Crippen molar-refractivity contribution in [3.05, 3.63) is 16.5 Å². The summed E-state index contributed by atoms with van der Waals surface area (Å²) in [6.45, 7) is 7.78. The number of halogens is 1. The molecule has 1 aromatic rings. The van der Waals surface area contributed by atoms with Gasteiger partial charge in [-0.3, -0.25) is 9.59 Å². The third-order valence-electron chi connectivity index (χ3n) is 5.42. The number of aryl methyl sites for hydroxylation is 1. The summed E-state index contributed by atoms with van der Waals surface area (Å²) in [6, 6.07) is 0. The summed E-state index contributed by atoms with van der Waals surface area (Å²) in [6.07, 6.45) is 3.52. The van der Waals surface area contributed by atoms with Crippen LogP contribution in [0, 0.1) is 18.8 Å². The number of piperidine rings is 1. The first-order valence-electron chi connectivity index (χ1n) is 9.82. The van der Waals surface area contributed by atoms with Gasteiger partial charge in [0.2, 0.25) is 5.91 Å². The van der Waals surface area contributed by atoms with Crippen molar-refractivity contribution < 1.29 is 14.7 Å². The zero-order valence-electron chi connectivity index (χ0n) is 17.2. The van der Waals surface area contributed by atoms with Gasteiger partial charge in [0, 0.05) is 31.0 Å². The fraction of sp³-hybridized carbons (Fsp3) is 0.700. The molecular weight excluding hydrogens is 380 g/mol. The number of hydrogen-bond acceptors (Lipinski definition) is 6. The number of carbonyl (C=O) groups excluding carboxylic acids is 2. The highest BCUT2D eigenvalue weighted by Crippen LogP contribution is 2.27. The van der Waals surface area contributed by atoms with Crippen molar-refractivity contribution in [2.45, 2.75) is 65.4 Å². The fourth-order valence-corrected chi connectivity index (χ4v) is 3.84. The normalized spacial score (nSPS) is 16.9. The van der Waals surface area contributed by atoms with Gasteiger partial charge in [0.15, 0.2) is 5.78 Å². The number of nitrogen functional groups attached to an aromatic ring is 1. The maximum Gasteiger partial charge on any atom is 0.225 e. The van der Waals surface area contributed by atoms with Crippen molar-refractivity contribution in [2.24, 2.45) is 11.8 Å². The minimum atomic E-state index is -1.40. The van der Waals surface area contributed by atoms with Crippen LogP contribution in [0.2, 0.25) is 5.15 Å². The van der Waals surface area contributed by atoms with Crippen LogP contribution in [0.3, 0.4) is 0 Å². The second kappa shape index (κ2) is 9.18. The van der Waals surface area contributed by atoms with E-state index in [0.29, 0.717) is 35.8 Å². The number of likely N-dealkylation sites (tertiary alicyclic amines) is 1. The Kier molecular flexibility index (Phi) is 7.39. The van der Waals surface area contributed by atoms with Crippen molar-refractivity contribution in [1.29, 1.82) is 0 Å². The van der Waals surface area contributed by atoms with Crippen molar-refractivity contribution >= 4 is 29.1 Å². The molecule has 0 aromatic carbocycles. The van der Waals surface area contributed by atoms with E-state index in [1.54, 1.807) is 13.8 Å². The average molecular weight is 411 g/mol. The predicted molar refractivity (Wildman–Crippen MR) is 109 cm³/mol. The topological polar surface area (TPSA) is 109 Å². The van der Waals surface area contributed by atoms with E-state index >= 15 is 0 Å². The van der Waals surface area contributed by atoms with Crippen molar-refractivity contribution in [3.8, 4) is 0 Å². The van der Waals surface area contributed by atoms with Crippen LogP contribution in [0.5, 0.6) is 0 Å². The van der Waals surface area contributed by atoms with Crippen LogP contribution in [-0.4, -0.2) is 50.4 Å². The molecule has 1 aromatic heterocycles. The number of amides is 1. The highest BCUT2D eigenvalue weighted by atomic mass is 35.5. The molecule has 0 aliphatic carbocycles. The van der Waals surface area contributed by atoms with E-state index in [-0.39, 0.29) is 18.1 Å². The maximum absolute atomic E-state index is 12.6. The van der Waals surface area contributed by atoms with Crippen LogP contribution in [-0.2, 0) is 16.0 Å². The standard InChI is InChI=1S/C20H31ClN4O3/c1-12(11-16(26)20(3,4)28)19(27)25-9-7-14(8-10-25)5-6-15-17(21)23-13(2)24-18(15)22/h12,14,28H,5-11H2,1-4H3,(H2,22,23,24)/t12-/m1/s1. The highest BCUT2D eigenvalue weighted by Gasteiger charge is 2.31. The molecule has 8 heteroatoms. The minimum absolute atomic E-state index is 0.0183. The van der Waals surface area contributed by atoms with Crippen molar-refractivity contribution in [1.82, 2.24) is 14.9 Å². The molecule has 156 valence electrons. The van der Waals surface area contributed by atoms with Gasteiger partial charge in [-0.25, -0.2) is 9.97 Å². The minimum Gasteiger partial charge on any atom is -0.383 e. The summed E-state index contributed by atoms with van der Waals surface area (Å²) in [5.74, 6) is 0.742. The first kappa shape index (κ1) is 22.6. The summed E-state index contributed by atoms with van der Waals surface area (Å²) in [5, 5.41) is 10.2. The number of nitrogens with two attached hydrogens (primary N) is 1. The zero-order chi connectivity index (χ0) is 21.1. The van der Waals surface area contributed by atoms with Gasteiger partial charge in [-0.2, -0.15) is 0 Å². The molecule has 3 N–H and O–H groups in total. The monoisotopic (exact) mass is 410 g/mol. The molecule has 1 amide bonds. The fourth-order valence-electron chi connectivity index (χ4n) is 3.53. The first-order chi connectivity index (χ1) is 13.0. The van der Waals surface area contributed by atoms with Gasteiger partial charge in [0.25, 0.3) is 0 Å². The predicted octanol–water partition coefficient (Wildman–Crippen LogP) is 2.56. The van der Waals surface area contributed by atoms with E-state index in [4.69, 9.17) is 17.3 Å². The number of Topliss-reactive ketones (excluding diaryl/α,β-unsaturated/α-hetero) is 1. The second-order valence-electron chi connectivity index (χ2n) is 8.32. The van der Waals surface area contributed by atoms with Crippen LogP contribution in [0.15, 0.2) is 0 Å². The Balaban J connectivity index is 1.82. The van der Waals surface area contributed by atoms with Crippen LogP contribution < -0.4 is 5.73 Å². The molecule has 2 heterocycles. The van der Waals surface area contributed by atoms with Gasteiger partial charge in [-0.05, 0) is 52.4 Å². The van der Waals surface area contributed by atoms with Crippen LogP contribution in [0.1, 0.15) is 57.8 Å². The average Bonchev–Trinajstić information content (AvgIpc) is 2.59. The van der Waals surface area contributed by atoms with Crippen molar-refractivity contribution in [3.63, 3.8) is 0 Å². The molecule has 0 radical (unpaired) electrons. The van der Waals surface area contributed by atoms with Crippen molar-refractivity contribution in [2.75, 3.05) is 18.8 Å². The number of aromatic nitrogens is 2. The van der Waals surface area contributed by atoms with Gasteiger partial charge in [-0.15, -0.1) is 0 Å². The SMILES string of the molecule is Cc1nc(N)c(CCC2CCN(C(=O)[C@H](C)CC(=O)C(C)(C)O)CC2)c(Cl)n1. The molecule has 1 atom stereocenters. The molecule has 1 aliphatic heterocycles. The van der Waals surface area contributed by atoms with Crippen LogP contribution in [0.25, 0.3) is 0 Å². The summed E-state index contributed by atoms with van der Waals surface area (Å²) in [5.41, 5.74) is 5.37. The van der Waals surface area contributed by atoms with E-state index in [9.17, 15) is 14.7 Å². The third-order valence-corrected chi connectivity index (χ3v) is 5.74. The van der Waals surface area contributed by atoms with Crippen LogP contribution >= 0.6 is 11.6 Å². The summed E-state index contributed by atoms with van der Waals surface area (Å²) in [4.78, 5) is 34.7. The molecule has 0 spiro atoms. The molecule has 28 heavy (non-hydrogen) atoms. The first-order valence-corrected chi connectivity index (χ1v) is 10.2. The number of aliphatic hydroxyl groups is 1. The number of hydrogen-bond donors (Lipinski definition) is 2. The Labute approximate surface area is 171 Å². The molecule has 0 unspecified atom stereocenters. The molecule has 0 bridgehead atoms. The molecule has 0 saturated carbocycles. The van der Waals surface area contributed by atoms with E-state index in [1.807, 2.05) is 4.90 Å².